The van der Waals surface area contributed by atoms with Gasteiger partial charge in [0.1, 0.15) is 6.54 Å². The lowest BCUT2D eigenvalue weighted by Crippen LogP contribution is -2.52. The van der Waals surface area contributed by atoms with Gasteiger partial charge in [-0.25, -0.2) is 5.01 Å². The van der Waals surface area contributed by atoms with Gasteiger partial charge < -0.3 is 0 Å². The molecule has 0 aromatic heterocycles. The van der Waals surface area contributed by atoms with Crippen molar-refractivity contribution in [2.45, 2.75) is 6.42 Å². The second-order valence-electron chi connectivity index (χ2n) is 8.26. The van der Waals surface area contributed by atoms with Crippen LogP contribution in [-0.2, 0) is 9.59 Å². The average molecular weight is 469 g/mol. The lowest BCUT2D eigenvalue weighted by molar-refractivity contribution is -0.154. The average Bonchev–Trinajstić information content (AvgIpc) is 3.46. The van der Waals surface area contributed by atoms with Crippen LogP contribution in [0.15, 0.2) is 60.7 Å². The quantitative estimate of drug-likeness (QED) is 0.377. The van der Waals surface area contributed by atoms with Gasteiger partial charge in [0.2, 0.25) is 0 Å². The number of hydrogen-bond donors (Lipinski definition) is 0. The van der Waals surface area contributed by atoms with Crippen molar-refractivity contribution in [3.05, 3.63) is 81.9 Å². The highest BCUT2D eigenvalue weighted by Crippen LogP contribution is 2.52. The smallest absolute Gasteiger partial charge is 0.274 e. The number of carbonyl (C=O) groups is 4. The molecule has 0 N–H and O–H groups in total. The van der Waals surface area contributed by atoms with Crippen molar-refractivity contribution in [3.63, 3.8) is 0 Å². The molecule has 2 aromatic rings. The molecule has 2 bridgehead atoms. The molecule has 0 radical (unpaired) electrons. The van der Waals surface area contributed by atoms with Crippen LogP contribution in [0.1, 0.15) is 27.1 Å². The van der Waals surface area contributed by atoms with Gasteiger partial charge in [0.05, 0.1) is 22.4 Å². The van der Waals surface area contributed by atoms with Crippen LogP contribution in [0.2, 0.25) is 10.0 Å². The fourth-order valence-electron chi connectivity index (χ4n) is 5.01. The summed E-state index contributed by atoms with van der Waals surface area (Å²) >= 11 is 12.2. The zero-order chi connectivity index (χ0) is 22.6. The highest BCUT2D eigenvalue weighted by molar-refractivity contribution is 6.36. The second-order valence-corrected chi connectivity index (χ2v) is 9.11. The number of nitrogens with zero attached hydrogens (tertiary/aromatic N) is 2. The molecule has 1 heterocycles. The number of imide groups is 1. The Hall–Kier alpha value is -2.96. The summed E-state index contributed by atoms with van der Waals surface area (Å²) in [6, 6.07) is 12.7. The molecule has 1 saturated carbocycles. The van der Waals surface area contributed by atoms with Crippen LogP contribution in [0, 0.1) is 23.7 Å². The van der Waals surface area contributed by atoms with Gasteiger partial charge in [-0.1, -0.05) is 65.7 Å². The summed E-state index contributed by atoms with van der Waals surface area (Å²) in [6.45, 7) is -0.471. The first-order valence-corrected chi connectivity index (χ1v) is 11.0. The van der Waals surface area contributed by atoms with Crippen LogP contribution in [0.4, 0.5) is 0 Å². The number of allylic oxidation sites excluding steroid dienone is 2. The van der Waals surface area contributed by atoms with Crippen molar-refractivity contribution < 1.29 is 19.2 Å². The van der Waals surface area contributed by atoms with Crippen molar-refractivity contribution in [1.82, 2.24) is 10.0 Å². The van der Waals surface area contributed by atoms with E-state index in [0.29, 0.717) is 10.6 Å². The standard InChI is InChI=1S/C24H18Cl2N2O4/c25-16-8-9-17(18(26)11-16)22(30)27(12-19(29)13-4-2-1-3-5-13)28-23(31)20-14-6-7-15(10-14)21(20)24(28)32/h1-9,11,14-15,20-21H,10,12H2/t14-,15-,20-,21-/m0/s1. The predicted molar refractivity (Wildman–Crippen MR) is 118 cm³/mol. The van der Waals surface area contributed by atoms with Crippen LogP contribution in [0.3, 0.4) is 0 Å². The van der Waals surface area contributed by atoms with Gasteiger partial charge in [0.15, 0.2) is 5.78 Å². The maximum atomic E-state index is 13.5. The van der Waals surface area contributed by atoms with Crippen molar-refractivity contribution >= 4 is 46.7 Å². The van der Waals surface area contributed by atoms with Crippen molar-refractivity contribution in [1.29, 1.82) is 0 Å². The number of Topliss-reactive ketones (excluding diaryl/α,β-unsaturated/α-hetero) is 1. The van der Waals surface area contributed by atoms with E-state index in [0.717, 1.165) is 16.4 Å². The fraction of sp³-hybridized carbons (Fsp3) is 0.250. The number of halogens is 2. The Kier molecular flexibility index (Phi) is 5.14. The molecule has 2 aliphatic carbocycles. The SMILES string of the molecule is O=C(CN(C(=O)c1ccc(Cl)cc1Cl)N1C(=O)[C@@H]2[C@@H](C1=O)[C@H]1C=C[C@H]2C1)c1ccccc1. The number of rotatable bonds is 5. The van der Waals surface area contributed by atoms with Gasteiger partial charge in [0.25, 0.3) is 17.7 Å². The van der Waals surface area contributed by atoms with Crippen LogP contribution in [0.5, 0.6) is 0 Å². The van der Waals surface area contributed by atoms with Crippen LogP contribution in [-0.4, -0.2) is 40.1 Å². The summed E-state index contributed by atoms with van der Waals surface area (Å²) in [7, 11) is 0. The lowest BCUT2D eigenvalue weighted by Gasteiger charge is -2.31. The molecule has 0 spiro atoms. The molecule has 162 valence electrons. The van der Waals surface area contributed by atoms with E-state index < -0.39 is 41.9 Å². The summed E-state index contributed by atoms with van der Waals surface area (Å²) in [5, 5.41) is 2.22. The highest BCUT2D eigenvalue weighted by atomic mass is 35.5. The van der Waals surface area contributed by atoms with E-state index in [2.05, 4.69) is 0 Å². The van der Waals surface area contributed by atoms with Crippen LogP contribution < -0.4 is 0 Å². The molecule has 1 saturated heterocycles. The first-order chi connectivity index (χ1) is 15.4. The lowest BCUT2D eigenvalue weighted by atomic mass is 9.85. The topological polar surface area (TPSA) is 74.8 Å². The van der Waals surface area contributed by atoms with Crippen molar-refractivity contribution in [3.8, 4) is 0 Å². The van der Waals surface area contributed by atoms with E-state index in [1.54, 1.807) is 30.3 Å². The number of fused-ring (bicyclic) bond motifs is 5. The number of carbonyl (C=O) groups excluding carboxylic acids is 4. The van der Waals surface area contributed by atoms with Gasteiger partial charge in [-0.2, -0.15) is 5.01 Å². The Balaban J connectivity index is 1.52. The third-order valence-electron chi connectivity index (χ3n) is 6.47. The molecule has 2 aromatic carbocycles. The molecule has 2 fully saturated rings. The summed E-state index contributed by atoms with van der Waals surface area (Å²) in [5.41, 5.74) is 0.421. The van der Waals surface area contributed by atoms with Crippen LogP contribution in [0.25, 0.3) is 0 Å². The predicted octanol–water partition coefficient (Wildman–Crippen LogP) is 4.04. The Bertz CT molecular complexity index is 1150. The molecule has 4 atom stereocenters. The zero-order valence-electron chi connectivity index (χ0n) is 16.8. The van der Waals surface area contributed by atoms with Gasteiger partial charge in [-0.3, -0.25) is 19.2 Å². The Morgan fingerprint density at radius 2 is 1.56 bits per heavy atom. The van der Waals surface area contributed by atoms with Gasteiger partial charge in [-0.15, -0.1) is 0 Å². The molecule has 1 aliphatic heterocycles. The molecule has 6 nitrogen and oxygen atoms in total. The Labute approximate surface area is 194 Å². The molecular formula is C24H18Cl2N2O4. The Morgan fingerprint density at radius 1 is 0.938 bits per heavy atom. The maximum Gasteiger partial charge on any atom is 0.274 e. The minimum Gasteiger partial charge on any atom is -0.292 e. The molecule has 3 amide bonds. The molecule has 8 heteroatoms. The van der Waals surface area contributed by atoms with E-state index in [-0.39, 0.29) is 22.4 Å². The second kappa shape index (κ2) is 7.87. The van der Waals surface area contributed by atoms with Gasteiger partial charge in [-0.05, 0) is 36.5 Å². The number of hydrogen-bond acceptors (Lipinski definition) is 4. The normalized spacial score (nSPS) is 25.4. The summed E-state index contributed by atoms with van der Waals surface area (Å²) in [6.07, 6.45) is 4.70. The molecule has 3 aliphatic rings. The number of benzene rings is 2. The molecule has 5 rings (SSSR count). The van der Waals surface area contributed by atoms with E-state index in [4.69, 9.17) is 23.2 Å². The van der Waals surface area contributed by atoms with E-state index in [9.17, 15) is 19.2 Å². The van der Waals surface area contributed by atoms with Gasteiger partial charge in [0, 0.05) is 10.6 Å². The van der Waals surface area contributed by atoms with Crippen LogP contribution >= 0.6 is 23.2 Å². The molecule has 0 unspecified atom stereocenters. The minimum atomic E-state index is -0.710. The largest absolute Gasteiger partial charge is 0.292 e. The first kappa shape index (κ1) is 20.9. The van der Waals surface area contributed by atoms with Crippen molar-refractivity contribution in [2.75, 3.05) is 6.54 Å². The summed E-state index contributed by atoms with van der Waals surface area (Å²) < 4.78 is 0. The maximum absolute atomic E-state index is 13.5. The fourth-order valence-corrected chi connectivity index (χ4v) is 5.50. The number of ketones is 1. The monoisotopic (exact) mass is 468 g/mol. The minimum absolute atomic E-state index is 0.0210. The molecule has 32 heavy (non-hydrogen) atoms. The Morgan fingerprint density at radius 3 is 2.16 bits per heavy atom. The van der Waals surface area contributed by atoms with E-state index in [1.807, 2.05) is 12.2 Å². The molecular weight excluding hydrogens is 451 g/mol. The first-order valence-electron chi connectivity index (χ1n) is 10.3. The third-order valence-corrected chi connectivity index (χ3v) is 7.02. The van der Waals surface area contributed by atoms with E-state index in [1.165, 1.54) is 18.2 Å². The third kappa shape index (κ3) is 3.26. The highest BCUT2D eigenvalue weighted by Gasteiger charge is 2.61. The van der Waals surface area contributed by atoms with Crippen molar-refractivity contribution in [2.24, 2.45) is 23.7 Å². The van der Waals surface area contributed by atoms with E-state index >= 15 is 0 Å². The summed E-state index contributed by atoms with van der Waals surface area (Å²) in [5.74, 6) is -3.05. The van der Waals surface area contributed by atoms with Gasteiger partial charge >= 0.3 is 0 Å². The summed E-state index contributed by atoms with van der Waals surface area (Å²) in [4.78, 5) is 53.1. The number of hydrazine groups is 1. The zero-order valence-corrected chi connectivity index (χ0v) is 18.3. The number of amides is 3.